The zero-order valence-corrected chi connectivity index (χ0v) is 17.6. The molecule has 0 aliphatic carbocycles. The van der Waals surface area contributed by atoms with Gasteiger partial charge in [-0.3, -0.25) is 9.69 Å². The van der Waals surface area contributed by atoms with E-state index in [-0.39, 0.29) is 48.2 Å². The van der Waals surface area contributed by atoms with Crippen molar-refractivity contribution in [1.82, 2.24) is 20.4 Å². The SMILES string of the molecule is Cc1cc(-c2noc(CCC(=O)NC3CS(=O)(=O)CC3N3CCCC3)n2)ccc1F. The summed E-state index contributed by atoms with van der Waals surface area (Å²) in [6.07, 6.45) is 2.48. The lowest BCUT2D eigenvalue weighted by Gasteiger charge is -2.28. The monoisotopic (exact) mass is 436 g/mol. The van der Waals surface area contributed by atoms with Crippen molar-refractivity contribution in [3.05, 3.63) is 35.5 Å². The molecule has 1 amide bonds. The number of hydrogen-bond donors (Lipinski definition) is 1. The number of nitrogens with zero attached hydrogens (tertiary/aromatic N) is 3. The van der Waals surface area contributed by atoms with Crippen molar-refractivity contribution >= 4 is 15.7 Å². The topological polar surface area (TPSA) is 105 Å². The predicted octanol–water partition coefficient (Wildman–Crippen LogP) is 1.49. The van der Waals surface area contributed by atoms with E-state index in [0.29, 0.717) is 22.8 Å². The van der Waals surface area contributed by atoms with Crippen LogP contribution in [0.4, 0.5) is 4.39 Å². The second-order valence-electron chi connectivity index (χ2n) is 8.04. The van der Waals surface area contributed by atoms with E-state index in [4.69, 9.17) is 4.52 Å². The van der Waals surface area contributed by atoms with Crippen molar-refractivity contribution < 1.29 is 22.1 Å². The standard InChI is InChI=1S/C20H25FN4O4S/c1-13-10-14(4-5-15(13)21)20-23-19(29-24-20)7-6-18(26)22-16-11-30(27,28)12-17(16)25-8-2-3-9-25/h4-5,10,16-17H,2-3,6-9,11-12H2,1H3,(H,22,26). The second kappa shape index (κ2) is 8.43. The molecule has 0 radical (unpaired) electrons. The summed E-state index contributed by atoms with van der Waals surface area (Å²) in [7, 11) is -3.15. The van der Waals surface area contributed by atoms with Gasteiger partial charge in [-0.2, -0.15) is 4.98 Å². The van der Waals surface area contributed by atoms with Crippen molar-refractivity contribution in [2.45, 2.75) is 44.7 Å². The fourth-order valence-electron chi connectivity index (χ4n) is 4.16. The average molecular weight is 437 g/mol. The van der Waals surface area contributed by atoms with Gasteiger partial charge in [0.1, 0.15) is 5.82 Å². The highest BCUT2D eigenvalue weighted by Gasteiger charge is 2.42. The van der Waals surface area contributed by atoms with Crippen LogP contribution in [-0.4, -0.2) is 66.0 Å². The van der Waals surface area contributed by atoms with Crippen molar-refractivity contribution in [2.24, 2.45) is 0 Å². The summed E-state index contributed by atoms with van der Waals surface area (Å²) in [6, 6.07) is 4.01. The molecule has 2 fully saturated rings. The molecule has 3 heterocycles. The Balaban J connectivity index is 1.34. The summed E-state index contributed by atoms with van der Waals surface area (Å²) in [5, 5.41) is 6.79. The molecule has 2 aliphatic rings. The van der Waals surface area contributed by atoms with Crippen LogP contribution in [0.3, 0.4) is 0 Å². The minimum absolute atomic E-state index is 0.0193. The smallest absolute Gasteiger partial charge is 0.227 e. The highest BCUT2D eigenvalue weighted by atomic mass is 32.2. The molecule has 2 aliphatic heterocycles. The predicted molar refractivity (Wildman–Crippen MR) is 108 cm³/mol. The summed E-state index contributed by atoms with van der Waals surface area (Å²) in [6.45, 7) is 3.41. The molecule has 162 valence electrons. The van der Waals surface area contributed by atoms with Gasteiger partial charge in [0, 0.05) is 24.4 Å². The molecule has 8 nitrogen and oxygen atoms in total. The van der Waals surface area contributed by atoms with Gasteiger partial charge >= 0.3 is 0 Å². The van der Waals surface area contributed by atoms with Gasteiger partial charge in [-0.1, -0.05) is 5.16 Å². The van der Waals surface area contributed by atoms with Gasteiger partial charge in [-0.15, -0.1) is 0 Å². The minimum Gasteiger partial charge on any atom is -0.351 e. The molecule has 2 saturated heterocycles. The molecule has 30 heavy (non-hydrogen) atoms. The fraction of sp³-hybridized carbons (Fsp3) is 0.550. The van der Waals surface area contributed by atoms with Crippen LogP contribution < -0.4 is 5.32 Å². The Morgan fingerprint density at radius 3 is 2.80 bits per heavy atom. The van der Waals surface area contributed by atoms with Crippen molar-refractivity contribution in [3.63, 3.8) is 0 Å². The fourth-order valence-corrected chi connectivity index (χ4v) is 6.11. The number of carbonyl (C=O) groups is 1. The van der Waals surface area contributed by atoms with Crippen LogP contribution in [0.2, 0.25) is 0 Å². The highest BCUT2D eigenvalue weighted by molar-refractivity contribution is 7.91. The lowest BCUT2D eigenvalue weighted by atomic mass is 10.1. The maximum absolute atomic E-state index is 13.4. The Kier molecular flexibility index (Phi) is 5.88. The van der Waals surface area contributed by atoms with E-state index >= 15 is 0 Å². The first kappa shape index (κ1) is 20.9. The molecular formula is C20H25FN4O4S. The van der Waals surface area contributed by atoms with Crippen LogP contribution in [0, 0.1) is 12.7 Å². The quantitative estimate of drug-likeness (QED) is 0.731. The zero-order chi connectivity index (χ0) is 21.3. The van der Waals surface area contributed by atoms with Crippen molar-refractivity contribution in [1.29, 1.82) is 0 Å². The number of benzene rings is 1. The van der Waals surface area contributed by atoms with E-state index in [1.807, 2.05) is 0 Å². The van der Waals surface area contributed by atoms with E-state index in [0.717, 1.165) is 25.9 Å². The first-order chi connectivity index (χ1) is 14.3. The molecule has 2 aromatic rings. The van der Waals surface area contributed by atoms with Gasteiger partial charge in [0.05, 0.1) is 17.5 Å². The lowest BCUT2D eigenvalue weighted by molar-refractivity contribution is -0.122. The number of aromatic nitrogens is 2. The summed E-state index contributed by atoms with van der Waals surface area (Å²) < 4.78 is 42.9. The summed E-state index contributed by atoms with van der Waals surface area (Å²) >= 11 is 0. The van der Waals surface area contributed by atoms with Gasteiger partial charge in [0.15, 0.2) is 9.84 Å². The van der Waals surface area contributed by atoms with Crippen molar-refractivity contribution in [3.8, 4) is 11.4 Å². The molecule has 2 atom stereocenters. The number of halogens is 1. The average Bonchev–Trinajstić information content (AvgIpc) is 3.42. The molecule has 0 spiro atoms. The number of carbonyl (C=O) groups excluding carboxylic acids is 1. The zero-order valence-electron chi connectivity index (χ0n) is 16.8. The third-order valence-electron chi connectivity index (χ3n) is 5.73. The number of nitrogens with one attached hydrogen (secondary N) is 1. The summed E-state index contributed by atoms with van der Waals surface area (Å²) in [5.41, 5.74) is 1.12. The molecular weight excluding hydrogens is 411 g/mol. The van der Waals surface area contributed by atoms with Gasteiger partial charge in [-0.25, -0.2) is 12.8 Å². The van der Waals surface area contributed by atoms with Gasteiger partial charge in [0.2, 0.25) is 17.6 Å². The van der Waals surface area contributed by atoms with Crippen LogP contribution in [0.1, 0.15) is 30.7 Å². The summed E-state index contributed by atoms with van der Waals surface area (Å²) in [5.74, 6) is 0.178. The van der Waals surface area contributed by atoms with Crippen LogP contribution in [-0.2, 0) is 21.1 Å². The molecule has 4 rings (SSSR count). The van der Waals surface area contributed by atoms with E-state index in [1.165, 1.54) is 6.07 Å². The summed E-state index contributed by atoms with van der Waals surface area (Å²) in [4.78, 5) is 18.9. The Hall–Kier alpha value is -2.33. The first-order valence-corrected chi connectivity index (χ1v) is 12.0. The van der Waals surface area contributed by atoms with Crippen LogP contribution >= 0.6 is 0 Å². The Morgan fingerprint density at radius 2 is 2.07 bits per heavy atom. The number of hydrogen-bond acceptors (Lipinski definition) is 7. The van der Waals surface area contributed by atoms with E-state index < -0.39 is 9.84 Å². The number of sulfone groups is 1. The molecule has 0 bridgehead atoms. The first-order valence-electron chi connectivity index (χ1n) is 10.1. The number of amides is 1. The van der Waals surface area contributed by atoms with Crippen LogP contribution in [0.5, 0.6) is 0 Å². The minimum atomic E-state index is -3.15. The Labute approximate surface area is 174 Å². The number of aryl methyl sites for hydroxylation is 2. The molecule has 0 saturated carbocycles. The number of rotatable bonds is 6. The normalized spacial score (nSPS) is 23.7. The van der Waals surface area contributed by atoms with Crippen LogP contribution in [0.25, 0.3) is 11.4 Å². The second-order valence-corrected chi connectivity index (χ2v) is 10.2. The van der Waals surface area contributed by atoms with E-state index in [2.05, 4.69) is 20.4 Å². The maximum atomic E-state index is 13.4. The molecule has 1 aromatic carbocycles. The van der Waals surface area contributed by atoms with Gasteiger partial charge in [-0.05, 0) is 56.6 Å². The maximum Gasteiger partial charge on any atom is 0.227 e. The third kappa shape index (κ3) is 4.70. The molecule has 1 aromatic heterocycles. The molecule has 10 heteroatoms. The molecule has 2 unspecified atom stereocenters. The number of likely N-dealkylation sites (tertiary alicyclic amines) is 1. The van der Waals surface area contributed by atoms with Crippen molar-refractivity contribution in [2.75, 3.05) is 24.6 Å². The van der Waals surface area contributed by atoms with E-state index in [1.54, 1.807) is 19.1 Å². The largest absolute Gasteiger partial charge is 0.351 e. The Morgan fingerprint density at radius 1 is 1.30 bits per heavy atom. The molecule has 1 N–H and O–H groups in total. The lowest BCUT2D eigenvalue weighted by Crippen LogP contribution is -2.50. The van der Waals surface area contributed by atoms with Gasteiger partial charge < -0.3 is 9.84 Å². The van der Waals surface area contributed by atoms with Gasteiger partial charge in [0.25, 0.3) is 0 Å². The van der Waals surface area contributed by atoms with E-state index in [9.17, 15) is 17.6 Å². The Bertz CT molecular complexity index is 1030. The third-order valence-corrected chi connectivity index (χ3v) is 7.45. The highest BCUT2D eigenvalue weighted by Crippen LogP contribution is 2.23. The van der Waals surface area contributed by atoms with Crippen LogP contribution in [0.15, 0.2) is 22.7 Å².